The van der Waals surface area contributed by atoms with Gasteiger partial charge in [-0.15, -0.1) is 11.3 Å². The fourth-order valence-corrected chi connectivity index (χ4v) is 2.66. The standard InChI is InChI=1S/C12H17N3OS/c1-7-4-5-11(16-7)10(15-13)6-12-14-8(2)9(3)17-12/h4-5,10,15H,6,13H2,1-3H3. The molecule has 0 bridgehead atoms. The summed E-state index contributed by atoms with van der Waals surface area (Å²) in [5.41, 5.74) is 3.88. The first-order valence-corrected chi connectivity index (χ1v) is 6.37. The van der Waals surface area contributed by atoms with Crippen LogP contribution in [0.1, 0.15) is 33.1 Å². The van der Waals surface area contributed by atoms with Gasteiger partial charge in [-0.3, -0.25) is 5.84 Å². The molecule has 0 spiro atoms. The van der Waals surface area contributed by atoms with Crippen LogP contribution in [0, 0.1) is 20.8 Å². The van der Waals surface area contributed by atoms with Crippen molar-refractivity contribution in [1.82, 2.24) is 10.4 Å². The summed E-state index contributed by atoms with van der Waals surface area (Å²) in [6, 6.07) is 3.87. The van der Waals surface area contributed by atoms with Crippen LogP contribution >= 0.6 is 11.3 Å². The maximum absolute atomic E-state index is 5.58. The quantitative estimate of drug-likeness (QED) is 0.647. The molecule has 0 aromatic carbocycles. The van der Waals surface area contributed by atoms with E-state index < -0.39 is 0 Å². The predicted molar refractivity (Wildman–Crippen MR) is 68.8 cm³/mol. The second-order valence-electron chi connectivity index (χ2n) is 4.12. The van der Waals surface area contributed by atoms with Gasteiger partial charge in [0, 0.05) is 11.3 Å². The number of furan rings is 1. The van der Waals surface area contributed by atoms with Crippen molar-refractivity contribution in [3.8, 4) is 0 Å². The predicted octanol–water partition coefficient (Wildman–Crippen LogP) is 2.41. The zero-order valence-electron chi connectivity index (χ0n) is 10.3. The summed E-state index contributed by atoms with van der Waals surface area (Å²) >= 11 is 1.71. The van der Waals surface area contributed by atoms with Crippen LogP contribution in [0.25, 0.3) is 0 Å². The van der Waals surface area contributed by atoms with E-state index in [2.05, 4.69) is 17.3 Å². The molecule has 2 rings (SSSR count). The number of rotatable bonds is 4. The Hall–Kier alpha value is -1.17. The van der Waals surface area contributed by atoms with E-state index >= 15 is 0 Å². The van der Waals surface area contributed by atoms with Gasteiger partial charge in [0.05, 0.1) is 16.7 Å². The number of thiazole rings is 1. The lowest BCUT2D eigenvalue weighted by Crippen LogP contribution is -2.29. The summed E-state index contributed by atoms with van der Waals surface area (Å²) in [5.74, 6) is 7.33. The van der Waals surface area contributed by atoms with Crippen LogP contribution in [0.15, 0.2) is 16.5 Å². The molecule has 17 heavy (non-hydrogen) atoms. The van der Waals surface area contributed by atoms with E-state index in [0.29, 0.717) is 0 Å². The zero-order valence-corrected chi connectivity index (χ0v) is 11.1. The van der Waals surface area contributed by atoms with Crippen LogP contribution in [-0.2, 0) is 6.42 Å². The number of nitrogens with zero attached hydrogens (tertiary/aromatic N) is 1. The largest absolute Gasteiger partial charge is 0.465 e. The van der Waals surface area contributed by atoms with Crippen molar-refractivity contribution >= 4 is 11.3 Å². The lowest BCUT2D eigenvalue weighted by molar-refractivity contribution is 0.402. The molecule has 0 radical (unpaired) electrons. The number of hydrazine groups is 1. The molecule has 2 aromatic heterocycles. The topological polar surface area (TPSA) is 64.1 Å². The summed E-state index contributed by atoms with van der Waals surface area (Å²) in [6.07, 6.45) is 0.753. The number of hydrogen-bond acceptors (Lipinski definition) is 5. The van der Waals surface area contributed by atoms with Crippen molar-refractivity contribution in [2.24, 2.45) is 5.84 Å². The Morgan fingerprint density at radius 2 is 2.18 bits per heavy atom. The Kier molecular flexibility index (Phi) is 3.61. The Morgan fingerprint density at radius 1 is 1.41 bits per heavy atom. The molecule has 92 valence electrons. The molecular weight excluding hydrogens is 234 g/mol. The molecule has 0 amide bonds. The minimum Gasteiger partial charge on any atom is -0.465 e. The normalized spacial score (nSPS) is 12.9. The van der Waals surface area contributed by atoms with Gasteiger partial charge in [0.15, 0.2) is 0 Å². The average Bonchev–Trinajstić information content (AvgIpc) is 2.83. The summed E-state index contributed by atoms with van der Waals surface area (Å²) in [4.78, 5) is 5.77. The Labute approximate surface area is 105 Å². The summed E-state index contributed by atoms with van der Waals surface area (Å²) < 4.78 is 5.58. The third kappa shape index (κ3) is 2.74. The van der Waals surface area contributed by atoms with Crippen molar-refractivity contribution in [2.75, 3.05) is 0 Å². The fraction of sp³-hybridized carbons (Fsp3) is 0.417. The highest BCUT2D eigenvalue weighted by Crippen LogP contribution is 2.24. The SMILES string of the molecule is Cc1ccc(C(Cc2nc(C)c(C)s2)NN)o1. The molecule has 0 aliphatic rings. The molecule has 2 aromatic rings. The maximum Gasteiger partial charge on any atom is 0.122 e. The molecule has 1 atom stereocenters. The number of hydrogen-bond donors (Lipinski definition) is 2. The van der Waals surface area contributed by atoms with Crippen molar-refractivity contribution in [3.63, 3.8) is 0 Å². The maximum atomic E-state index is 5.58. The number of nitrogens with one attached hydrogen (secondary N) is 1. The van der Waals surface area contributed by atoms with Crippen LogP contribution in [-0.4, -0.2) is 4.98 Å². The summed E-state index contributed by atoms with van der Waals surface area (Å²) in [7, 11) is 0. The van der Waals surface area contributed by atoms with Gasteiger partial charge in [-0.05, 0) is 32.9 Å². The molecule has 0 aliphatic heterocycles. The summed E-state index contributed by atoms with van der Waals surface area (Å²) in [6.45, 7) is 6.03. The molecular formula is C12H17N3OS. The van der Waals surface area contributed by atoms with Crippen molar-refractivity contribution in [2.45, 2.75) is 33.2 Å². The van der Waals surface area contributed by atoms with Gasteiger partial charge in [-0.25, -0.2) is 10.4 Å². The van der Waals surface area contributed by atoms with E-state index in [1.54, 1.807) is 11.3 Å². The number of nitrogens with two attached hydrogens (primary N) is 1. The van der Waals surface area contributed by atoms with E-state index in [9.17, 15) is 0 Å². The number of aryl methyl sites for hydroxylation is 3. The lowest BCUT2D eigenvalue weighted by atomic mass is 10.2. The average molecular weight is 251 g/mol. The molecule has 0 saturated carbocycles. The molecule has 0 fully saturated rings. The van der Waals surface area contributed by atoms with Gasteiger partial charge < -0.3 is 4.42 Å². The minimum absolute atomic E-state index is 0.0198. The second-order valence-corrected chi connectivity index (χ2v) is 5.41. The molecule has 1 unspecified atom stereocenters. The molecule has 3 N–H and O–H groups in total. The van der Waals surface area contributed by atoms with Gasteiger partial charge in [0.1, 0.15) is 11.5 Å². The van der Waals surface area contributed by atoms with Crippen molar-refractivity contribution in [3.05, 3.63) is 39.2 Å². The highest BCUT2D eigenvalue weighted by molar-refractivity contribution is 7.11. The van der Waals surface area contributed by atoms with Crippen LogP contribution in [0.3, 0.4) is 0 Å². The first-order chi connectivity index (χ1) is 8.10. The Bertz CT molecular complexity index is 484. The van der Waals surface area contributed by atoms with E-state index in [-0.39, 0.29) is 6.04 Å². The first-order valence-electron chi connectivity index (χ1n) is 5.55. The molecule has 0 aliphatic carbocycles. The molecule has 4 nitrogen and oxygen atoms in total. The van der Waals surface area contributed by atoms with Gasteiger partial charge in [0.25, 0.3) is 0 Å². The van der Waals surface area contributed by atoms with Gasteiger partial charge in [-0.2, -0.15) is 0 Å². The zero-order chi connectivity index (χ0) is 12.4. The third-order valence-corrected chi connectivity index (χ3v) is 3.85. The highest BCUT2D eigenvalue weighted by Gasteiger charge is 2.16. The van der Waals surface area contributed by atoms with E-state index in [1.165, 1.54) is 4.88 Å². The third-order valence-electron chi connectivity index (χ3n) is 2.76. The smallest absolute Gasteiger partial charge is 0.122 e. The summed E-state index contributed by atoms with van der Waals surface area (Å²) in [5, 5.41) is 1.08. The van der Waals surface area contributed by atoms with E-state index in [4.69, 9.17) is 10.3 Å². The van der Waals surface area contributed by atoms with Gasteiger partial charge in [-0.1, -0.05) is 0 Å². The Morgan fingerprint density at radius 3 is 2.65 bits per heavy atom. The van der Waals surface area contributed by atoms with E-state index in [0.717, 1.165) is 28.6 Å². The monoisotopic (exact) mass is 251 g/mol. The second kappa shape index (κ2) is 5.00. The van der Waals surface area contributed by atoms with Crippen LogP contribution < -0.4 is 11.3 Å². The number of aromatic nitrogens is 1. The van der Waals surface area contributed by atoms with Crippen LogP contribution in [0.4, 0.5) is 0 Å². The van der Waals surface area contributed by atoms with Gasteiger partial charge >= 0.3 is 0 Å². The fourth-order valence-electron chi connectivity index (χ4n) is 1.68. The molecule has 2 heterocycles. The van der Waals surface area contributed by atoms with Crippen LogP contribution in [0.2, 0.25) is 0 Å². The van der Waals surface area contributed by atoms with Crippen molar-refractivity contribution in [1.29, 1.82) is 0 Å². The molecule has 5 heteroatoms. The van der Waals surface area contributed by atoms with Crippen LogP contribution in [0.5, 0.6) is 0 Å². The minimum atomic E-state index is -0.0198. The lowest BCUT2D eigenvalue weighted by Gasteiger charge is -2.11. The first kappa shape index (κ1) is 12.3. The van der Waals surface area contributed by atoms with Crippen molar-refractivity contribution < 1.29 is 4.42 Å². The Balaban J connectivity index is 2.15. The van der Waals surface area contributed by atoms with E-state index in [1.807, 2.05) is 26.0 Å². The van der Waals surface area contributed by atoms with Gasteiger partial charge in [0.2, 0.25) is 0 Å². The highest BCUT2D eigenvalue weighted by atomic mass is 32.1. The molecule has 0 saturated heterocycles.